The predicted octanol–water partition coefficient (Wildman–Crippen LogP) is 0.976. The Morgan fingerprint density at radius 3 is 2.50 bits per heavy atom. The third-order valence-corrected chi connectivity index (χ3v) is 1.45. The van der Waals surface area contributed by atoms with Crippen LogP contribution in [-0.4, -0.2) is 40.8 Å². The molecule has 1 aromatic rings. The van der Waals surface area contributed by atoms with Crippen molar-refractivity contribution in [2.45, 2.75) is 6.92 Å². The van der Waals surface area contributed by atoms with Gasteiger partial charge in [0.2, 0.25) is 0 Å². The molecule has 0 aromatic heterocycles. The Labute approximate surface area is 92.6 Å². The molecule has 0 saturated carbocycles. The fourth-order valence-electron chi connectivity index (χ4n) is 0.851. The van der Waals surface area contributed by atoms with Crippen LogP contribution in [0.1, 0.15) is 15.9 Å². The van der Waals surface area contributed by atoms with Gasteiger partial charge in [0, 0.05) is 0 Å². The van der Waals surface area contributed by atoms with Gasteiger partial charge in [0.15, 0.2) is 0 Å². The first-order chi connectivity index (χ1) is 5.25. The first-order valence-corrected chi connectivity index (χ1v) is 3.17. The van der Waals surface area contributed by atoms with Crippen molar-refractivity contribution in [3.05, 3.63) is 35.4 Å². The van der Waals surface area contributed by atoms with Gasteiger partial charge in [-0.05, 0) is 18.6 Å². The van der Waals surface area contributed by atoms with Crippen LogP contribution in [-0.2, 0) is 4.89 Å². The summed E-state index contributed by atoms with van der Waals surface area (Å²) < 4.78 is 0. The number of rotatable bonds is 1. The third-order valence-electron chi connectivity index (χ3n) is 1.45. The van der Waals surface area contributed by atoms with Gasteiger partial charge in [0.1, 0.15) is 0 Å². The Hall–Kier alpha value is -0.350. The van der Waals surface area contributed by atoms with Gasteiger partial charge in [-0.25, -0.2) is 4.79 Å². The summed E-state index contributed by atoms with van der Waals surface area (Å²) in [7, 11) is 0. The van der Waals surface area contributed by atoms with E-state index in [1.807, 2.05) is 6.07 Å². The van der Waals surface area contributed by atoms with E-state index in [0.29, 0.717) is 5.56 Å². The van der Waals surface area contributed by atoms with Crippen LogP contribution >= 0.6 is 0 Å². The van der Waals surface area contributed by atoms with Crippen LogP contribution in [0.15, 0.2) is 24.3 Å². The quantitative estimate of drug-likeness (QED) is 0.394. The SMILES string of the molecule is Cc1ccccc1C(=O)OO.[NaH]. The van der Waals surface area contributed by atoms with Crippen LogP contribution in [0.3, 0.4) is 0 Å². The van der Waals surface area contributed by atoms with Crippen molar-refractivity contribution in [1.29, 1.82) is 0 Å². The van der Waals surface area contributed by atoms with Gasteiger partial charge in [-0.1, -0.05) is 18.2 Å². The summed E-state index contributed by atoms with van der Waals surface area (Å²) in [5.41, 5.74) is 1.17. The third kappa shape index (κ3) is 2.60. The topological polar surface area (TPSA) is 46.5 Å². The van der Waals surface area contributed by atoms with E-state index in [1.165, 1.54) is 0 Å². The summed E-state index contributed by atoms with van der Waals surface area (Å²) in [6.07, 6.45) is 0. The van der Waals surface area contributed by atoms with E-state index in [9.17, 15) is 4.79 Å². The van der Waals surface area contributed by atoms with Crippen molar-refractivity contribution in [2.75, 3.05) is 0 Å². The second kappa shape index (κ2) is 5.32. The van der Waals surface area contributed by atoms with Gasteiger partial charge in [-0.2, -0.15) is 5.26 Å². The number of benzene rings is 1. The molecule has 0 aliphatic heterocycles. The molecular weight excluding hydrogens is 167 g/mol. The van der Waals surface area contributed by atoms with Crippen molar-refractivity contribution >= 4 is 35.5 Å². The van der Waals surface area contributed by atoms with Crippen LogP contribution in [0.4, 0.5) is 0 Å². The Bertz CT molecular complexity index is 273. The molecule has 0 aliphatic rings. The first-order valence-electron chi connectivity index (χ1n) is 3.17. The molecule has 0 fully saturated rings. The van der Waals surface area contributed by atoms with Crippen molar-refractivity contribution in [3.63, 3.8) is 0 Å². The van der Waals surface area contributed by atoms with E-state index < -0.39 is 5.97 Å². The zero-order valence-electron chi connectivity index (χ0n) is 6.07. The maximum absolute atomic E-state index is 10.8. The summed E-state index contributed by atoms with van der Waals surface area (Å²) in [4.78, 5) is 14.3. The van der Waals surface area contributed by atoms with Crippen molar-refractivity contribution in [1.82, 2.24) is 0 Å². The van der Waals surface area contributed by atoms with Gasteiger partial charge in [0.05, 0.1) is 5.56 Å². The average Bonchev–Trinajstić information content (AvgIpc) is 2.04. The molecule has 12 heavy (non-hydrogen) atoms. The van der Waals surface area contributed by atoms with Crippen molar-refractivity contribution in [3.8, 4) is 0 Å². The molecule has 0 heterocycles. The van der Waals surface area contributed by atoms with Gasteiger partial charge >= 0.3 is 35.5 Å². The Morgan fingerprint density at radius 1 is 1.42 bits per heavy atom. The van der Waals surface area contributed by atoms with E-state index in [4.69, 9.17) is 5.26 Å². The Kier molecular flexibility index (Phi) is 5.17. The van der Waals surface area contributed by atoms with Crippen LogP contribution < -0.4 is 0 Å². The molecule has 0 unspecified atom stereocenters. The van der Waals surface area contributed by atoms with E-state index in [0.717, 1.165) is 5.56 Å². The van der Waals surface area contributed by atoms with Crippen LogP contribution in [0.5, 0.6) is 0 Å². The Balaban J connectivity index is 0.00000121. The predicted molar refractivity (Wildman–Crippen MR) is 46.4 cm³/mol. The molecule has 4 heteroatoms. The molecule has 1 rings (SSSR count). The van der Waals surface area contributed by atoms with Gasteiger partial charge < -0.3 is 0 Å². The molecule has 0 bridgehead atoms. The molecule has 60 valence electrons. The zero-order valence-corrected chi connectivity index (χ0v) is 6.07. The summed E-state index contributed by atoms with van der Waals surface area (Å²) in [5, 5.41) is 8.06. The van der Waals surface area contributed by atoms with Gasteiger partial charge in [0.25, 0.3) is 0 Å². The number of hydrogen-bond donors (Lipinski definition) is 1. The van der Waals surface area contributed by atoms with E-state index in [2.05, 4.69) is 4.89 Å². The fourth-order valence-corrected chi connectivity index (χ4v) is 0.851. The number of aryl methyl sites for hydroxylation is 1. The summed E-state index contributed by atoms with van der Waals surface area (Å²) in [6.45, 7) is 1.77. The number of carbonyl (C=O) groups excluding carboxylic acids is 1. The number of carbonyl (C=O) groups is 1. The first kappa shape index (κ1) is 11.6. The molecular formula is C8H9NaO3. The van der Waals surface area contributed by atoms with Crippen LogP contribution in [0.2, 0.25) is 0 Å². The molecule has 1 aromatic carbocycles. The standard InChI is InChI=1S/C8H8O3.Na.H/c1-6-4-2-3-5-7(6)8(9)11-10;;/h2-5,10H,1H3;;. The Morgan fingerprint density at radius 2 is 2.00 bits per heavy atom. The fraction of sp³-hybridized carbons (Fsp3) is 0.125. The maximum atomic E-state index is 10.8. The summed E-state index contributed by atoms with van der Waals surface area (Å²) in [6, 6.07) is 6.88. The molecule has 0 radical (unpaired) electrons. The van der Waals surface area contributed by atoms with E-state index in [-0.39, 0.29) is 29.6 Å². The number of hydrogen-bond acceptors (Lipinski definition) is 3. The molecule has 0 amide bonds. The van der Waals surface area contributed by atoms with Crippen molar-refractivity contribution in [2.24, 2.45) is 0 Å². The van der Waals surface area contributed by atoms with Crippen LogP contribution in [0, 0.1) is 6.92 Å². The van der Waals surface area contributed by atoms with E-state index >= 15 is 0 Å². The molecule has 0 atom stereocenters. The minimum atomic E-state index is -0.719. The molecule has 0 saturated heterocycles. The zero-order chi connectivity index (χ0) is 8.27. The van der Waals surface area contributed by atoms with Gasteiger partial charge in [-0.3, -0.25) is 4.89 Å². The van der Waals surface area contributed by atoms with Crippen LogP contribution in [0.25, 0.3) is 0 Å². The van der Waals surface area contributed by atoms with E-state index in [1.54, 1.807) is 25.1 Å². The summed E-state index contributed by atoms with van der Waals surface area (Å²) in [5.74, 6) is -0.719. The van der Waals surface area contributed by atoms with Crippen molar-refractivity contribution < 1.29 is 14.9 Å². The minimum absolute atomic E-state index is 0. The molecule has 0 aliphatic carbocycles. The summed E-state index contributed by atoms with van der Waals surface area (Å²) >= 11 is 0. The monoisotopic (exact) mass is 176 g/mol. The molecule has 1 N–H and O–H groups in total. The molecule has 3 nitrogen and oxygen atoms in total. The second-order valence-electron chi connectivity index (χ2n) is 2.19. The molecule has 0 spiro atoms. The normalized spacial score (nSPS) is 8.50. The van der Waals surface area contributed by atoms with Gasteiger partial charge in [-0.15, -0.1) is 0 Å². The average molecular weight is 176 g/mol. The second-order valence-corrected chi connectivity index (χ2v) is 2.19.